The summed E-state index contributed by atoms with van der Waals surface area (Å²) in [5, 5.41) is 120. The summed E-state index contributed by atoms with van der Waals surface area (Å²) in [4.78, 5) is 13.3. The molecule has 0 aromatic heterocycles. The molecule has 0 saturated carbocycles. The van der Waals surface area contributed by atoms with E-state index in [4.69, 9.17) is 28.4 Å². The Morgan fingerprint density at radius 1 is 0.389 bits per heavy atom. The molecule has 19 heteroatoms. The second-order valence-electron chi connectivity index (χ2n) is 26.4. The van der Waals surface area contributed by atoms with Crippen molar-refractivity contribution >= 4 is 5.91 Å². The second-order valence-corrected chi connectivity index (χ2v) is 26.4. The number of rotatable bonds is 57. The van der Waals surface area contributed by atoms with Gasteiger partial charge in [0.15, 0.2) is 18.9 Å². The van der Waals surface area contributed by atoms with E-state index >= 15 is 0 Å². The van der Waals surface area contributed by atoms with E-state index in [0.29, 0.717) is 12.8 Å². The van der Waals surface area contributed by atoms with E-state index in [-0.39, 0.29) is 18.9 Å². The molecule has 12 N–H and O–H groups in total. The maximum atomic E-state index is 13.3. The SMILES string of the molecule is CCC/C=C/CC/C=C/C(O)C(COC1OC(CO)C(OC2OC(CO)C(OC3OC(CO)C(O)C(O)C3O)C(O)C2O)C(O)C1O)NC(=O)CCCCCCCCCCCCCCCCCCCCCCCCCCCCCCCCCCCCCCCC. The summed E-state index contributed by atoms with van der Waals surface area (Å²) in [7, 11) is 0. The molecule has 0 aliphatic carbocycles. The lowest BCUT2D eigenvalue weighted by Crippen LogP contribution is -2.66. The van der Waals surface area contributed by atoms with Crippen LogP contribution in [0.3, 0.4) is 0 Å². The van der Waals surface area contributed by atoms with Gasteiger partial charge in [-0.3, -0.25) is 4.79 Å². The number of allylic oxidation sites excluding steroid dienone is 3. The van der Waals surface area contributed by atoms with Crippen LogP contribution in [0, 0.1) is 0 Å². The molecule has 3 heterocycles. The van der Waals surface area contributed by atoms with Crippen molar-refractivity contribution < 1.29 is 89.4 Å². The minimum Gasteiger partial charge on any atom is -0.394 e. The zero-order valence-electron chi connectivity index (χ0n) is 56.1. The van der Waals surface area contributed by atoms with Crippen LogP contribution < -0.4 is 5.32 Å². The number of ether oxygens (including phenoxy) is 6. The zero-order chi connectivity index (χ0) is 65.4. The fourth-order valence-corrected chi connectivity index (χ4v) is 12.6. The lowest BCUT2D eigenvalue weighted by molar-refractivity contribution is -0.379. The third kappa shape index (κ3) is 34.8. The number of carbonyl (C=O) groups is 1. The van der Waals surface area contributed by atoms with Crippen molar-refractivity contribution in [1.29, 1.82) is 0 Å². The Balaban J connectivity index is 1.23. The number of aliphatic hydroxyl groups is 11. The van der Waals surface area contributed by atoms with E-state index in [1.165, 1.54) is 218 Å². The number of hydrogen-bond donors (Lipinski definition) is 12. The Labute approximate surface area is 543 Å². The fourth-order valence-electron chi connectivity index (χ4n) is 12.6. The topological polar surface area (TPSA) is 307 Å². The lowest BCUT2D eigenvalue weighted by Gasteiger charge is -2.48. The lowest BCUT2D eigenvalue weighted by atomic mass is 9.96. The number of nitrogens with one attached hydrogen (secondary N) is 1. The van der Waals surface area contributed by atoms with Crippen LogP contribution in [0.25, 0.3) is 0 Å². The van der Waals surface area contributed by atoms with Crippen molar-refractivity contribution in [1.82, 2.24) is 5.32 Å². The van der Waals surface area contributed by atoms with Gasteiger partial charge in [-0.25, -0.2) is 0 Å². The molecule has 0 bridgehead atoms. The van der Waals surface area contributed by atoms with Gasteiger partial charge in [0.1, 0.15) is 73.2 Å². The van der Waals surface area contributed by atoms with Crippen molar-refractivity contribution in [2.75, 3.05) is 26.4 Å². The highest BCUT2D eigenvalue weighted by Crippen LogP contribution is 2.33. The second kappa shape index (κ2) is 53.4. The first-order chi connectivity index (χ1) is 43.8. The number of aliphatic hydroxyl groups excluding tert-OH is 11. The Bertz CT molecular complexity index is 1730. The first-order valence-electron chi connectivity index (χ1n) is 36.6. The van der Waals surface area contributed by atoms with Crippen LogP contribution in [0.1, 0.15) is 290 Å². The maximum Gasteiger partial charge on any atom is 0.220 e. The number of carbonyl (C=O) groups excluding carboxylic acids is 1. The highest BCUT2D eigenvalue weighted by molar-refractivity contribution is 5.76. The molecular formula is C71H133NO18. The molecule has 1 amide bonds. The molecule has 17 atom stereocenters. The van der Waals surface area contributed by atoms with E-state index in [1.54, 1.807) is 6.08 Å². The Morgan fingerprint density at radius 3 is 1.09 bits per heavy atom. The molecule has 0 aromatic rings. The van der Waals surface area contributed by atoms with Crippen LogP contribution in [0.2, 0.25) is 0 Å². The predicted molar refractivity (Wildman–Crippen MR) is 351 cm³/mol. The molecule has 3 aliphatic rings. The molecule has 0 spiro atoms. The van der Waals surface area contributed by atoms with Gasteiger partial charge in [-0.2, -0.15) is 0 Å². The van der Waals surface area contributed by atoms with Crippen LogP contribution >= 0.6 is 0 Å². The van der Waals surface area contributed by atoms with E-state index in [2.05, 4.69) is 31.3 Å². The summed E-state index contributed by atoms with van der Waals surface area (Å²) >= 11 is 0. The number of hydrogen-bond acceptors (Lipinski definition) is 18. The molecule has 530 valence electrons. The van der Waals surface area contributed by atoms with Crippen molar-refractivity contribution in [3.8, 4) is 0 Å². The van der Waals surface area contributed by atoms with Crippen molar-refractivity contribution in [3.05, 3.63) is 24.3 Å². The fraction of sp³-hybridized carbons (Fsp3) is 0.930. The summed E-state index contributed by atoms with van der Waals surface area (Å²) in [6.07, 6.45) is 35.6. The molecule has 90 heavy (non-hydrogen) atoms. The third-order valence-corrected chi connectivity index (χ3v) is 18.5. The summed E-state index contributed by atoms with van der Waals surface area (Å²) in [6.45, 7) is 1.61. The Kier molecular flexibility index (Phi) is 49.0. The van der Waals surface area contributed by atoms with E-state index in [0.717, 1.165) is 38.5 Å². The van der Waals surface area contributed by atoms with Gasteiger partial charge >= 0.3 is 0 Å². The summed E-state index contributed by atoms with van der Waals surface area (Å²) in [5.74, 6) is -0.285. The average molecular weight is 1290 g/mol. The first-order valence-corrected chi connectivity index (χ1v) is 36.6. The molecular weight excluding hydrogens is 1150 g/mol. The van der Waals surface area contributed by atoms with Gasteiger partial charge in [0.2, 0.25) is 5.91 Å². The maximum absolute atomic E-state index is 13.3. The van der Waals surface area contributed by atoms with Gasteiger partial charge in [0.05, 0.1) is 38.6 Å². The number of unbranched alkanes of at least 4 members (excludes halogenated alkanes) is 39. The van der Waals surface area contributed by atoms with E-state index in [1.807, 2.05) is 6.08 Å². The summed E-state index contributed by atoms with van der Waals surface area (Å²) < 4.78 is 34.2. The Hall–Kier alpha value is -1.73. The van der Waals surface area contributed by atoms with Crippen LogP contribution in [-0.2, 0) is 33.2 Å². The van der Waals surface area contributed by atoms with Crippen molar-refractivity contribution in [2.24, 2.45) is 0 Å². The smallest absolute Gasteiger partial charge is 0.220 e. The van der Waals surface area contributed by atoms with Gasteiger partial charge in [0.25, 0.3) is 0 Å². The highest BCUT2D eigenvalue weighted by Gasteiger charge is 2.53. The van der Waals surface area contributed by atoms with Crippen LogP contribution in [0.15, 0.2) is 24.3 Å². The molecule has 3 rings (SSSR count). The van der Waals surface area contributed by atoms with Crippen LogP contribution in [-0.4, -0.2) is 193 Å². The first kappa shape index (κ1) is 82.5. The van der Waals surface area contributed by atoms with Crippen LogP contribution in [0.4, 0.5) is 0 Å². The van der Waals surface area contributed by atoms with E-state index in [9.17, 15) is 61.0 Å². The van der Waals surface area contributed by atoms with Gasteiger partial charge in [0, 0.05) is 6.42 Å². The predicted octanol–water partition coefficient (Wildman–Crippen LogP) is 10.2. The minimum atomic E-state index is -1.98. The number of amides is 1. The minimum absolute atomic E-state index is 0.239. The summed E-state index contributed by atoms with van der Waals surface area (Å²) in [6, 6.07) is -0.984. The summed E-state index contributed by atoms with van der Waals surface area (Å²) in [5.41, 5.74) is 0. The normalized spacial score (nSPS) is 28.1. The zero-order valence-corrected chi connectivity index (χ0v) is 56.1. The van der Waals surface area contributed by atoms with Gasteiger partial charge in [-0.1, -0.05) is 282 Å². The van der Waals surface area contributed by atoms with Crippen LogP contribution in [0.5, 0.6) is 0 Å². The average Bonchev–Trinajstić information content (AvgIpc) is 0.854. The monoisotopic (exact) mass is 1290 g/mol. The molecule has 3 aliphatic heterocycles. The van der Waals surface area contributed by atoms with Gasteiger partial charge in [-0.15, -0.1) is 0 Å². The molecule has 0 radical (unpaired) electrons. The van der Waals surface area contributed by atoms with Crippen molar-refractivity contribution in [2.45, 2.75) is 394 Å². The standard InChI is InChI=1S/C71H133NO18/c1-3-5-7-9-11-12-13-14-15-16-17-18-19-20-21-22-23-24-25-26-27-28-29-30-31-32-33-34-35-36-37-38-39-40-41-43-45-47-49-59(77)72-54(55(76)48-46-44-42-10-8-6-4-2)53-85-69-65(83)62(80)67(57(51-74)87-69)90-71-66(84)63(81)68(58(52-75)88-71)89-70-64(82)61(79)60(78)56(50-73)86-70/h8,10,46,48,54-58,60-71,73-76,78-84H,3-7,9,11-45,47,49-53H2,1-2H3,(H,72,77)/b10-8+,48-46+. The highest BCUT2D eigenvalue weighted by atomic mass is 16.8. The molecule has 3 fully saturated rings. The third-order valence-electron chi connectivity index (χ3n) is 18.5. The molecule has 17 unspecified atom stereocenters. The van der Waals surface area contributed by atoms with Gasteiger partial charge in [-0.05, 0) is 25.7 Å². The van der Waals surface area contributed by atoms with Crippen molar-refractivity contribution in [3.63, 3.8) is 0 Å². The molecule has 3 saturated heterocycles. The molecule has 0 aromatic carbocycles. The van der Waals surface area contributed by atoms with E-state index < -0.39 is 124 Å². The van der Waals surface area contributed by atoms with Gasteiger partial charge < -0.3 is 89.9 Å². The molecule has 19 nitrogen and oxygen atoms in total. The largest absolute Gasteiger partial charge is 0.394 e. The quantitative estimate of drug-likeness (QED) is 0.0199. The Morgan fingerprint density at radius 2 is 0.711 bits per heavy atom.